The minimum absolute atomic E-state index is 0.0354. The van der Waals surface area contributed by atoms with E-state index in [0.29, 0.717) is 48.1 Å². The van der Waals surface area contributed by atoms with Crippen molar-refractivity contribution in [2.24, 2.45) is 0 Å². The van der Waals surface area contributed by atoms with Crippen LogP contribution in [0, 0.1) is 6.92 Å². The quantitative estimate of drug-likeness (QED) is 0.175. The monoisotopic (exact) mass is 505 g/mol. The predicted molar refractivity (Wildman–Crippen MR) is 139 cm³/mol. The molecular weight excluding hydrogens is 478 g/mol. The van der Waals surface area contributed by atoms with Gasteiger partial charge in [-0.25, -0.2) is 0 Å². The van der Waals surface area contributed by atoms with E-state index in [-0.39, 0.29) is 11.3 Å². The highest BCUT2D eigenvalue weighted by Gasteiger charge is 2.45. The molecule has 1 heterocycles. The van der Waals surface area contributed by atoms with E-state index in [1.165, 1.54) is 4.90 Å². The Hall–Kier alpha value is -3.61. The number of Topliss-reactive ketones (excluding diaryl/α,β-unsaturated/α-hetero) is 1. The lowest BCUT2D eigenvalue weighted by Crippen LogP contribution is -2.31. The van der Waals surface area contributed by atoms with Gasteiger partial charge in [0.15, 0.2) is 0 Å². The van der Waals surface area contributed by atoms with Crippen molar-refractivity contribution in [1.29, 1.82) is 0 Å². The number of nitrogens with zero attached hydrogens (tertiary/aromatic N) is 1. The van der Waals surface area contributed by atoms with E-state index in [0.717, 1.165) is 11.1 Å². The van der Waals surface area contributed by atoms with Crippen molar-refractivity contribution in [2.75, 3.05) is 20.3 Å². The number of rotatable bonds is 9. The Morgan fingerprint density at radius 1 is 1.03 bits per heavy atom. The maximum atomic E-state index is 13.1. The number of ether oxygens (including phenoxy) is 2. The first-order valence-corrected chi connectivity index (χ1v) is 12.1. The van der Waals surface area contributed by atoms with Gasteiger partial charge in [-0.15, -0.1) is 0 Å². The van der Waals surface area contributed by atoms with E-state index < -0.39 is 17.7 Å². The molecule has 3 aromatic rings. The Morgan fingerprint density at radius 3 is 2.47 bits per heavy atom. The third-order valence-electron chi connectivity index (χ3n) is 6.24. The van der Waals surface area contributed by atoms with Crippen molar-refractivity contribution in [3.05, 3.63) is 106 Å². The van der Waals surface area contributed by atoms with Gasteiger partial charge in [0, 0.05) is 30.8 Å². The van der Waals surface area contributed by atoms with Gasteiger partial charge in [0.05, 0.1) is 11.6 Å². The van der Waals surface area contributed by atoms with Crippen molar-refractivity contribution in [3.63, 3.8) is 0 Å². The van der Waals surface area contributed by atoms with E-state index in [9.17, 15) is 14.7 Å². The summed E-state index contributed by atoms with van der Waals surface area (Å²) in [5, 5.41) is 11.7. The molecule has 36 heavy (non-hydrogen) atoms. The first-order valence-electron chi connectivity index (χ1n) is 11.7. The predicted octanol–water partition coefficient (Wildman–Crippen LogP) is 5.69. The van der Waals surface area contributed by atoms with Crippen molar-refractivity contribution in [2.45, 2.75) is 26.0 Å². The number of aryl methyl sites for hydroxylation is 1. The van der Waals surface area contributed by atoms with Gasteiger partial charge in [-0.2, -0.15) is 0 Å². The molecule has 1 N–H and O–H groups in total. The average Bonchev–Trinajstić information content (AvgIpc) is 3.13. The lowest BCUT2D eigenvalue weighted by atomic mass is 9.95. The van der Waals surface area contributed by atoms with Crippen LogP contribution in [0.25, 0.3) is 5.76 Å². The van der Waals surface area contributed by atoms with Gasteiger partial charge in [-0.1, -0.05) is 48.0 Å². The first-order chi connectivity index (χ1) is 17.4. The maximum absolute atomic E-state index is 13.1. The van der Waals surface area contributed by atoms with Crippen LogP contribution in [0.15, 0.2) is 78.4 Å². The van der Waals surface area contributed by atoms with Crippen LogP contribution in [0.4, 0.5) is 0 Å². The number of carbonyl (C=O) groups is 2. The second kappa shape index (κ2) is 11.4. The molecule has 0 saturated carbocycles. The van der Waals surface area contributed by atoms with Crippen molar-refractivity contribution >= 4 is 29.1 Å². The number of amides is 1. The molecule has 0 bridgehead atoms. The fraction of sp³-hybridized carbons (Fsp3) is 0.241. The zero-order valence-electron chi connectivity index (χ0n) is 20.2. The number of halogens is 1. The first kappa shape index (κ1) is 25.5. The summed E-state index contributed by atoms with van der Waals surface area (Å²) < 4.78 is 11.0. The number of benzene rings is 3. The number of aliphatic hydroxyl groups is 1. The van der Waals surface area contributed by atoms with Crippen LogP contribution < -0.4 is 4.74 Å². The molecule has 0 radical (unpaired) electrons. The van der Waals surface area contributed by atoms with Crippen LogP contribution in [0.5, 0.6) is 5.75 Å². The van der Waals surface area contributed by atoms with Crippen LogP contribution in [-0.2, 0) is 20.9 Å². The fourth-order valence-corrected chi connectivity index (χ4v) is 4.51. The highest BCUT2D eigenvalue weighted by atomic mass is 35.5. The van der Waals surface area contributed by atoms with Gasteiger partial charge in [-0.05, 0) is 66.4 Å². The number of ketones is 1. The SMILES string of the molecule is COCCCN1C(=O)C(=O)/C(=C(/O)c2ccc(OCc3ccccc3C)cc2)C1c1cccc(Cl)c1. The van der Waals surface area contributed by atoms with Crippen LogP contribution >= 0.6 is 11.6 Å². The fourth-order valence-electron chi connectivity index (χ4n) is 4.31. The minimum atomic E-state index is -0.752. The van der Waals surface area contributed by atoms with E-state index >= 15 is 0 Å². The molecule has 0 aromatic heterocycles. The standard InChI is InChI=1S/C29H28ClNO5/c1-19-7-3-4-8-22(19)18-36-24-13-11-20(12-14-24)27(32)25-26(21-9-5-10-23(30)17-21)31(15-6-16-35-2)29(34)28(25)33/h3-5,7-14,17,26,32H,6,15-16,18H2,1-2H3/b27-25+. The second-order valence-electron chi connectivity index (χ2n) is 8.63. The van der Waals surface area contributed by atoms with Gasteiger partial charge < -0.3 is 19.5 Å². The van der Waals surface area contributed by atoms with Crippen molar-refractivity contribution in [3.8, 4) is 5.75 Å². The van der Waals surface area contributed by atoms with E-state index in [1.54, 1.807) is 55.6 Å². The second-order valence-corrected chi connectivity index (χ2v) is 9.07. The van der Waals surface area contributed by atoms with Crippen LogP contribution in [0.3, 0.4) is 0 Å². The summed E-state index contributed by atoms with van der Waals surface area (Å²) in [4.78, 5) is 27.5. The summed E-state index contributed by atoms with van der Waals surface area (Å²) in [6, 6.07) is 21.0. The van der Waals surface area contributed by atoms with Crippen molar-refractivity contribution < 1.29 is 24.2 Å². The molecular formula is C29H28ClNO5. The highest BCUT2D eigenvalue weighted by molar-refractivity contribution is 6.46. The third kappa shape index (κ3) is 5.45. The summed E-state index contributed by atoms with van der Waals surface area (Å²) in [5.41, 5.74) is 3.33. The Balaban J connectivity index is 1.64. The zero-order valence-corrected chi connectivity index (χ0v) is 21.0. The number of hydrogen-bond acceptors (Lipinski definition) is 5. The summed E-state index contributed by atoms with van der Waals surface area (Å²) in [6.45, 7) is 3.19. The average molecular weight is 506 g/mol. The zero-order chi connectivity index (χ0) is 25.7. The van der Waals surface area contributed by atoms with E-state index in [1.807, 2.05) is 31.2 Å². The molecule has 7 heteroatoms. The van der Waals surface area contributed by atoms with E-state index in [2.05, 4.69) is 0 Å². The minimum Gasteiger partial charge on any atom is -0.507 e. The summed E-state index contributed by atoms with van der Waals surface area (Å²) in [6.07, 6.45) is 0.549. The lowest BCUT2D eigenvalue weighted by Gasteiger charge is -2.25. The molecule has 4 rings (SSSR count). The Morgan fingerprint density at radius 2 is 1.78 bits per heavy atom. The van der Waals surface area contributed by atoms with Crippen molar-refractivity contribution in [1.82, 2.24) is 4.90 Å². The summed E-state index contributed by atoms with van der Waals surface area (Å²) in [5.74, 6) is -0.996. The smallest absolute Gasteiger partial charge is 0.295 e. The Kier molecular flexibility index (Phi) is 8.08. The topological polar surface area (TPSA) is 76.1 Å². The lowest BCUT2D eigenvalue weighted by molar-refractivity contribution is -0.140. The molecule has 1 saturated heterocycles. The molecule has 0 aliphatic carbocycles. The van der Waals surface area contributed by atoms with Gasteiger partial charge in [0.2, 0.25) is 0 Å². The molecule has 6 nitrogen and oxygen atoms in total. The van der Waals surface area contributed by atoms with Gasteiger partial charge >= 0.3 is 0 Å². The molecule has 0 spiro atoms. The van der Waals surface area contributed by atoms with Gasteiger partial charge in [0.25, 0.3) is 11.7 Å². The molecule has 1 fully saturated rings. The highest BCUT2D eigenvalue weighted by Crippen LogP contribution is 2.40. The maximum Gasteiger partial charge on any atom is 0.295 e. The summed E-state index contributed by atoms with van der Waals surface area (Å²) >= 11 is 6.22. The van der Waals surface area contributed by atoms with Crippen LogP contribution in [0.2, 0.25) is 5.02 Å². The number of likely N-dealkylation sites (tertiary alicyclic amines) is 1. The third-order valence-corrected chi connectivity index (χ3v) is 6.47. The molecule has 1 atom stereocenters. The molecule has 1 amide bonds. The van der Waals surface area contributed by atoms with Gasteiger partial charge in [0.1, 0.15) is 18.1 Å². The Bertz CT molecular complexity index is 1280. The van der Waals surface area contributed by atoms with Crippen LogP contribution in [0.1, 0.15) is 34.7 Å². The van der Waals surface area contributed by atoms with E-state index in [4.69, 9.17) is 21.1 Å². The molecule has 1 unspecified atom stereocenters. The molecule has 1 aliphatic heterocycles. The Labute approximate surface area is 215 Å². The number of methoxy groups -OCH3 is 1. The van der Waals surface area contributed by atoms with Gasteiger partial charge in [-0.3, -0.25) is 9.59 Å². The van der Waals surface area contributed by atoms with Crippen LogP contribution in [-0.4, -0.2) is 42.0 Å². The number of hydrogen-bond donors (Lipinski definition) is 1. The summed E-state index contributed by atoms with van der Waals surface area (Å²) in [7, 11) is 1.58. The number of aliphatic hydroxyl groups excluding tert-OH is 1. The molecule has 1 aliphatic rings. The molecule has 3 aromatic carbocycles. The largest absolute Gasteiger partial charge is 0.507 e. The normalized spacial score (nSPS) is 17.0. The number of carbonyl (C=O) groups excluding carboxylic acids is 2. The molecule has 186 valence electrons.